The number of nitrogens with zero attached hydrogens (tertiary/aromatic N) is 2. The van der Waals surface area contributed by atoms with Gasteiger partial charge >= 0.3 is 0 Å². The number of carbonyl (C=O) groups is 1. The van der Waals surface area contributed by atoms with E-state index in [1.807, 2.05) is 12.3 Å². The summed E-state index contributed by atoms with van der Waals surface area (Å²) in [6, 6.07) is 1.52. The molecule has 2 rings (SSSR count). The number of hydrogen-bond acceptors (Lipinski definition) is 6. The Balaban J connectivity index is 1.90. The van der Waals surface area contributed by atoms with Crippen molar-refractivity contribution in [2.45, 2.75) is 13.3 Å². The molecule has 0 aliphatic rings. The Morgan fingerprint density at radius 2 is 2.35 bits per heavy atom. The van der Waals surface area contributed by atoms with Crippen molar-refractivity contribution in [3.05, 3.63) is 38.9 Å². The van der Waals surface area contributed by atoms with Crippen LogP contribution in [0.2, 0.25) is 5.02 Å². The number of nitrogen functional groups attached to an aromatic ring is 1. The first-order chi connectivity index (χ1) is 9.60. The highest BCUT2D eigenvalue weighted by Crippen LogP contribution is 2.18. The lowest BCUT2D eigenvalue weighted by atomic mass is 10.2. The molecule has 2 aromatic heterocycles. The van der Waals surface area contributed by atoms with E-state index in [-0.39, 0.29) is 5.91 Å². The first kappa shape index (κ1) is 14.7. The molecule has 0 saturated carbocycles. The molecule has 6 nitrogen and oxygen atoms in total. The molecule has 1 amide bonds. The van der Waals surface area contributed by atoms with Gasteiger partial charge < -0.3 is 10.7 Å². The van der Waals surface area contributed by atoms with Crippen LogP contribution in [0.4, 0.5) is 5.82 Å². The second-order valence-electron chi connectivity index (χ2n) is 4.06. The van der Waals surface area contributed by atoms with Crippen molar-refractivity contribution in [1.82, 2.24) is 15.3 Å². The number of aromatic nitrogens is 2. The highest BCUT2D eigenvalue weighted by atomic mass is 35.5. The van der Waals surface area contributed by atoms with Gasteiger partial charge in [0.1, 0.15) is 0 Å². The van der Waals surface area contributed by atoms with Crippen molar-refractivity contribution in [2.75, 3.05) is 12.0 Å². The zero-order valence-corrected chi connectivity index (χ0v) is 12.4. The first-order valence-electron chi connectivity index (χ1n) is 5.91. The van der Waals surface area contributed by atoms with E-state index in [2.05, 4.69) is 20.7 Å². The lowest BCUT2D eigenvalue weighted by molar-refractivity contribution is 0.0954. The minimum absolute atomic E-state index is 0.227. The number of hydrogen-bond donors (Lipinski definition) is 3. The Bertz CT molecular complexity index is 616. The number of aryl methyl sites for hydroxylation is 1. The van der Waals surface area contributed by atoms with E-state index in [9.17, 15) is 4.79 Å². The predicted octanol–water partition coefficient (Wildman–Crippen LogP) is 1.76. The number of rotatable bonds is 5. The predicted molar refractivity (Wildman–Crippen MR) is 79.9 cm³/mol. The van der Waals surface area contributed by atoms with Gasteiger partial charge in [-0.2, -0.15) is 0 Å². The van der Waals surface area contributed by atoms with Gasteiger partial charge in [0, 0.05) is 24.5 Å². The number of hydrazine groups is 1. The Labute approximate surface area is 125 Å². The average Bonchev–Trinajstić information content (AvgIpc) is 2.84. The van der Waals surface area contributed by atoms with Crippen molar-refractivity contribution in [1.29, 1.82) is 0 Å². The summed E-state index contributed by atoms with van der Waals surface area (Å²) >= 11 is 7.51. The minimum Gasteiger partial charge on any atom is -0.352 e. The van der Waals surface area contributed by atoms with E-state index >= 15 is 0 Å². The number of halogens is 1. The molecule has 0 spiro atoms. The van der Waals surface area contributed by atoms with Crippen molar-refractivity contribution < 1.29 is 4.79 Å². The number of anilines is 1. The molecule has 0 atom stereocenters. The maximum absolute atomic E-state index is 11.9. The third-order valence-electron chi connectivity index (χ3n) is 2.57. The average molecular weight is 312 g/mol. The molecule has 0 saturated heterocycles. The summed E-state index contributed by atoms with van der Waals surface area (Å²) in [5.41, 5.74) is 3.72. The van der Waals surface area contributed by atoms with Crippen LogP contribution in [-0.4, -0.2) is 22.4 Å². The maximum atomic E-state index is 11.9. The molecule has 106 valence electrons. The number of nitrogens with one attached hydrogen (secondary N) is 2. The van der Waals surface area contributed by atoms with Crippen molar-refractivity contribution in [3.63, 3.8) is 0 Å². The molecule has 0 radical (unpaired) electrons. The molecule has 0 aliphatic carbocycles. The topological polar surface area (TPSA) is 92.9 Å². The molecule has 0 fully saturated rings. The Kier molecular flexibility index (Phi) is 4.89. The third kappa shape index (κ3) is 3.66. The standard InChI is InChI=1S/C12H14ClN5OS/c1-7-17-9(6-20-7)2-3-15-12(19)8-4-10(13)11(18-14)16-5-8/h4-6H,2-3,14H2,1H3,(H,15,19)(H,16,18). The molecule has 2 aromatic rings. The third-order valence-corrected chi connectivity index (χ3v) is 3.68. The van der Waals surface area contributed by atoms with Crippen LogP contribution < -0.4 is 16.6 Å². The Morgan fingerprint density at radius 1 is 1.55 bits per heavy atom. The zero-order valence-electron chi connectivity index (χ0n) is 10.8. The maximum Gasteiger partial charge on any atom is 0.252 e. The van der Waals surface area contributed by atoms with Gasteiger partial charge in [0.2, 0.25) is 0 Å². The van der Waals surface area contributed by atoms with Crippen LogP contribution in [0.15, 0.2) is 17.6 Å². The van der Waals surface area contributed by atoms with E-state index in [0.717, 1.165) is 10.7 Å². The summed E-state index contributed by atoms with van der Waals surface area (Å²) in [4.78, 5) is 20.2. The van der Waals surface area contributed by atoms with Gasteiger partial charge in [-0.15, -0.1) is 11.3 Å². The quantitative estimate of drug-likeness (QED) is 0.578. The van der Waals surface area contributed by atoms with E-state index in [0.29, 0.717) is 29.4 Å². The van der Waals surface area contributed by atoms with Crippen molar-refractivity contribution in [3.8, 4) is 0 Å². The molecule has 2 heterocycles. The van der Waals surface area contributed by atoms with E-state index in [1.165, 1.54) is 12.3 Å². The molecule has 0 aliphatic heterocycles. The normalized spacial score (nSPS) is 10.3. The van der Waals surface area contributed by atoms with E-state index < -0.39 is 0 Å². The van der Waals surface area contributed by atoms with Crippen molar-refractivity contribution >= 4 is 34.7 Å². The largest absolute Gasteiger partial charge is 0.352 e. The molecular formula is C12H14ClN5OS. The number of thiazole rings is 1. The fraction of sp³-hybridized carbons (Fsp3) is 0.250. The van der Waals surface area contributed by atoms with Crippen LogP contribution in [-0.2, 0) is 6.42 Å². The van der Waals surface area contributed by atoms with Crippen LogP contribution >= 0.6 is 22.9 Å². The molecule has 8 heteroatoms. The molecule has 20 heavy (non-hydrogen) atoms. The molecule has 4 N–H and O–H groups in total. The van der Waals surface area contributed by atoms with E-state index in [1.54, 1.807) is 11.3 Å². The summed E-state index contributed by atoms with van der Waals surface area (Å²) in [6.07, 6.45) is 2.11. The van der Waals surface area contributed by atoms with Crippen LogP contribution in [0.1, 0.15) is 21.1 Å². The zero-order chi connectivity index (χ0) is 14.5. The second-order valence-corrected chi connectivity index (χ2v) is 5.53. The van der Waals surface area contributed by atoms with Gasteiger partial charge in [-0.3, -0.25) is 4.79 Å². The summed E-state index contributed by atoms with van der Waals surface area (Å²) in [5, 5.41) is 6.11. The van der Waals surface area contributed by atoms with Crippen LogP contribution in [0.25, 0.3) is 0 Å². The fourth-order valence-electron chi connectivity index (χ4n) is 1.60. The molecule has 0 unspecified atom stereocenters. The SMILES string of the molecule is Cc1nc(CCNC(=O)c2cnc(NN)c(Cl)c2)cs1. The number of pyridine rings is 1. The summed E-state index contributed by atoms with van der Waals surface area (Å²) in [5.74, 6) is 5.33. The summed E-state index contributed by atoms with van der Waals surface area (Å²) in [7, 11) is 0. The van der Waals surface area contributed by atoms with Crippen LogP contribution in [0, 0.1) is 6.92 Å². The smallest absolute Gasteiger partial charge is 0.252 e. The highest BCUT2D eigenvalue weighted by molar-refractivity contribution is 7.09. The number of carbonyl (C=O) groups excluding carboxylic acids is 1. The molecular weight excluding hydrogens is 298 g/mol. The van der Waals surface area contributed by atoms with E-state index in [4.69, 9.17) is 17.4 Å². The van der Waals surface area contributed by atoms with Crippen LogP contribution in [0.5, 0.6) is 0 Å². The Morgan fingerprint density at radius 3 is 2.95 bits per heavy atom. The van der Waals surface area contributed by atoms with Gasteiger partial charge in [0.15, 0.2) is 5.82 Å². The Hall–Kier alpha value is -1.70. The summed E-state index contributed by atoms with van der Waals surface area (Å²) < 4.78 is 0. The molecule has 0 bridgehead atoms. The second kappa shape index (κ2) is 6.65. The minimum atomic E-state index is -0.227. The number of amides is 1. The van der Waals surface area contributed by atoms with Crippen LogP contribution in [0.3, 0.4) is 0 Å². The van der Waals surface area contributed by atoms with Crippen molar-refractivity contribution in [2.24, 2.45) is 5.84 Å². The molecule has 0 aromatic carbocycles. The van der Waals surface area contributed by atoms with Gasteiger partial charge in [0.25, 0.3) is 5.91 Å². The lowest BCUT2D eigenvalue weighted by Crippen LogP contribution is -2.26. The van der Waals surface area contributed by atoms with Gasteiger partial charge in [0.05, 0.1) is 21.3 Å². The summed E-state index contributed by atoms with van der Waals surface area (Å²) in [6.45, 7) is 2.46. The first-order valence-corrected chi connectivity index (χ1v) is 7.17. The number of nitrogens with two attached hydrogens (primary N) is 1. The van der Waals surface area contributed by atoms with Gasteiger partial charge in [-0.1, -0.05) is 11.6 Å². The fourth-order valence-corrected chi connectivity index (χ4v) is 2.47. The van der Waals surface area contributed by atoms with Gasteiger partial charge in [-0.25, -0.2) is 15.8 Å². The monoisotopic (exact) mass is 311 g/mol. The lowest BCUT2D eigenvalue weighted by Gasteiger charge is -2.06. The highest BCUT2D eigenvalue weighted by Gasteiger charge is 2.09. The van der Waals surface area contributed by atoms with Gasteiger partial charge in [-0.05, 0) is 13.0 Å².